The molecule has 1 aliphatic heterocycles. The second kappa shape index (κ2) is 12.1. The van der Waals surface area contributed by atoms with Gasteiger partial charge in [-0.1, -0.05) is 6.92 Å². The number of carboxylic acids is 2. The maximum Gasteiger partial charge on any atom is 0.347 e. The summed E-state index contributed by atoms with van der Waals surface area (Å²) < 4.78 is 0. The lowest BCUT2D eigenvalue weighted by atomic mass is 10.3. The lowest BCUT2D eigenvalue weighted by Crippen LogP contribution is -2.42. The number of aliphatic carboxylic acids is 2. The van der Waals surface area contributed by atoms with Crippen molar-refractivity contribution in [1.29, 1.82) is 0 Å². The zero-order valence-corrected chi connectivity index (χ0v) is 16.3. The van der Waals surface area contributed by atoms with Crippen LogP contribution in [0.5, 0.6) is 0 Å². The Morgan fingerprint density at radius 1 is 0.931 bits per heavy atom. The molecular weight excluding hydrogens is 388 g/mol. The largest absolute Gasteiger partial charge is 0.480 e. The van der Waals surface area contributed by atoms with Crippen molar-refractivity contribution in [2.45, 2.75) is 19.8 Å². The number of hydrogen-bond acceptors (Lipinski definition) is 9. The van der Waals surface area contributed by atoms with E-state index in [4.69, 9.17) is 22.1 Å². The number of carbonyl (C=O) groups excluding carboxylic acids is 3. The predicted octanol–water partition coefficient (Wildman–Crippen LogP) is -1.64. The Labute approximate surface area is 168 Å². The Morgan fingerprint density at radius 2 is 1.41 bits per heavy atom. The van der Waals surface area contributed by atoms with Crippen molar-refractivity contribution in [2.75, 3.05) is 52.4 Å². The highest BCUT2D eigenvalue weighted by atomic mass is 16.7. The average Bonchev–Trinajstić information content (AvgIpc) is 2.92. The number of carboxylic acid groups (broad SMARTS) is 2. The van der Waals surface area contributed by atoms with E-state index < -0.39 is 29.7 Å². The second-order valence-electron chi connectivity index (χ2n) is 6.45. The average molecular weight is 414 g/mol. The number of likely N-dealkylation sites (N-methyl/N-ethyl adjacent to an activating group) is 1. The van der Waals surface area contributed by atoms with E-state index in [-0.39, 0.29) is 45.6 Å². The standard InChI is InChI=1S/C17H26N4O8/c1-3-19(8-9-20(10-15(24)25)11-16(26)27)7-6-18(2)12-17(28)29-21-13(22)4-5-14(21)23/h2H,3-12H2,1H3,(H,24,25)(H,26,27). The van der Waals surface area contributed by atoms with E-state index in [1.807, 2.05) is 11.8 Å². The number of hydrogen-bond donors (Lipinski definition) is 2. The van der Waals surface area contributed by atoms with Gasteiger partial charge in [-0.15, -0.1) is 5.06 Å². The molecule has 0 aromatic rings. The zero-order chi connectivity index (χ0) is 22.0. The highest BCUT2D eigenvalue weighted by Crippen LogP contribution is 2.12. The molecule has 1 aliphatic rings. The van der Waals surface area contributed by atoms with Gasteiger partial charge in [0.05, 0.1) is 19.6 Å². The van der Waals surface area contributed by atoms with E-state index in [0.717, 1.165) is 0 Å². The van der Waals surface area contributed by atoms with Gasteiger partial charge in [0, 0.05) is 46.1 Å². The Morgan fingerprint density at radius 3 is 1.90 bits per heavy atom. The molecule has 0 bridgehead atoms. The molecular formula is C17H26N4O8. The molecule has 12 nitrogen and oxygen atoms in total. The van der Waals surface area contributed by atoms with Crippen LogP contribution >= 0.6 is 0 Å². The monoisotopic (exact) mass is 414 g/mol. The Hall–Kier alpha value is -2.57. The van der Waals surface area contributed by atoms with Crippen LogP contribution in [0, 0.1) is 7.05 Å². The molecule has 2 radical (unpaired) electrons. The molecule has 0 unspecified atom stereocenters. The van der Waals surface area contributed by atoms with Crippen molar-refractivity contribution in [3.05, 3.63) is 7.05 Å². The first-order valence-corrected chi connectivity index (χ1v) is 9.06. The van der Waals surface area contributed by atoms with E-state index >= 15 is 0 Å². The number of rotatable bonds is 14. The molecule has 29 heavy (non-hydrogen) atoms. The molecule has 0 aliphatic carbocycles. The second-order valence-corrected chi connectivity index (χ2v) is 6.45. The van der Waals surface area contributed by atoms with E-state index in [2.05, 4.69) is 0 Å². The number of nitrogens with zero attached hydrogens (tertiary/aromatic N) is 4. The van der Waals surface area contributed by atoms with Gasteiger partial charge in [0.2, 0.25) is 0 Å². The fraction of sp³-hybridized carbons (Fsp3) is 0.647. The Bertz CT molecular complexity index is 595. The first-order chi connectivity index (χ1) is 13.6. The van der Waals surface area contributed by atoms with Crippen molar-refractivity contribution in [1.82, 2.24) is 19.8 Å². The zero-order valence-electron chi connectivity index (χ0n) is 16.3. The number of hydroxylamine groups is 2. The maximum atomic E-state index is 11.8. The van der Waals surface area contributed by atoms with Crippen LogP contribution < -0.4 is 0 Å². The summed E-state index contributed by atoms with van der Waals surface area (Å²) in [7, 11) is 5.76. The van der Waals surface area contributed by atoms with Crippen molar-refractivity contribution in [3.8, 4) is 0 Å². The van der Waals surface area contributed by atoms with Gasteiger partial charge in [0.15, 0.2) is 0 Å². The van der Waals surface area contributed by atoms with Gasteiger partial charge in [-0.05, 0) is 6.54 Å². The molecule has 2 amide bonds. The van der Waals surface area contributed by atoms with Crippen LogP contribution in [0.2, 0.25) is 0 Å². The Kier molecular flexibility index (Phi) is 10.2. The summed E-state index contributed by atoms with van der Waals surface area (Å²) >= 11 is 0. The number of imide groups is 1. The number of amides is 2. The van der Waals surface area contributed by atoms with E-state index in [0.29, 0.717) is 24.7 Å². The lowest BCUT2D eigenvalue weighted by Gasteiger charge is -2.26. The van der Waals surface area contributed by atoms with Gasteiger partial charge in [-0.2, -0.15) is 0 Å². The van der Waals surface area contributed by atoms with Crippen LogP contribution in [0.1, 0.15) is 19.8 Å². The highest BCUT2D eigenvalue weighted by molar-refractivity contribution is 6.01. The Balaban J connectivity index is 2.38. The normalized spacial score (nSPS) is 14.3. The molecule has 0 spiro atoms. The molecule has 2 N–H and O–H groups in total. The summed E-state index contributed by atoms with van der Waals surface area (Å²) in [5.41, 5.74) is 0. The maximum absolute atomic E-state index is 11.8. The van der Waals surface area contributed by atoms with Gasteiger partial charge in [0.1, 0.15) is 0 Å². The molecule has 162 valence electrons. The van der Waals surface area contributed by atoms with Crippen LogP contribution in [0.25, 0.3) is 0 Å². The predicted molar refractivity (Wildman–Crippen MR) is 96.9 cm³/mol. The summed E-state index contributed by atoms with van der Waals surface area (Å²) in [4.78, 5) is 65.4. The van der Waals surface area contributed by atoms with Gasteiger partial charge >= 0.3 is 17.9 Å². The molecule has 0 saturated carbocycles. The molecule has 1 saturated heterocycles. The van der Waals surface area contributed by atoms with E-state index in [1.165, 1.54) is 9.80 Å². The molecule has 1 fully saturated rings. The molecule has 0 atom stereocenters. The number of carbonyl (C=O) groups is 5. The molecule has 0 aromatic carbocycles. The summed E-state index contributed by atoms with van der Waals surface area (Å²) in [5, 5.41) is 18.2. The summed E-state index contributed by atoms with van der Waals surface area (Å²) in [6.45, 7) is 2.70. The van der Waals surface area contributed by atoms with Gasteiger partial charge in [0.25, 0.3) is 11.8 Å². The third-order valence-corrected chi connectivity index (χ3v) is 4.13. The van der Waals surface area contributed by atoms with Gasteiger partial charge in [-0.3, -0.25) is 29.0 Å². The summed E-state index contributed by atoms with van der Waals surface area (Å²) in [6, 6.07) is 0. The quantitative estimate of drug-likeness (QED) is 0.249. The van der Waals surface area contributed by atoms with Crippen molar-refractivity contribution in [3.63, 3.8) is 0 Å². The lowest BCUT2D eigenvalue weighted by molar-refractivity contribution is -0.197. The molecule has 12 heteroatoms. The van der Waals surface area contributed by atoms with Crippen molar-refractivity contribution >= 4 is 29.7 Å². The fourth-order valence-corrected chi connectivity index (χ4v) is 2.61. The van der Waals surface area contributed by atoms with Crippen LogP contribution in [0.3, 0.4) is 0 Å². The first kappa shape index (κ1) is 24.5. The molecule has 0 aromatic heterocycles. The third-order valence-electron chi connectivity index (χ3n) is 4.13. The smallest absolute Gasteiger partial charge is 0.347 e. The van der Waals surface area contributed by atoms with Crippen LogP contribution in [0.15, 0.2) is 0 Å². The van der Waals surface area contributed by atoms with E-state index in [9.17, 15) is 24.0 Å². The molecule has 1 heterocycles. The van der Waals surface area contributed by atoms with Crippen LogP contribution in [-0.4, -0.2) is 112 Å². The SMILES string of the molecule is [CH]N(CCN(CC)CCN(CC(=O)O)CC(=O)O)CC(=O)ON1C(=O)CCC1=O. The highest BCUT2D eigenvalue weighted by Gasteiger charge is 2.33. The van der Waals surface area contributed by atoms with Gasteiger partial charge in [-0.25, -0.2) is 4.79 Å². The fourth-order valence-electron chi connectivity index (χ4n) is 2.61. The summed E-state index contributed by atoms with van der Waals surface area (Å²) in [5.74, 6) is -4.22. The minimum Gasteiger partial charge on any atom is -0.480 e. The van der Waals surface area contributed by atoms with Crippen molar-refractivity contribution in [2.24, 2.45) is 0 Å². The first-order valence-electron chi connectivity index (χ1n) is 9.06. The minimum absolute atomic E-state index is 0.00465. The summed E-state index contributed by atoms with van der Waals surface area (Å²) in [6.07, 6.45) is 0.00930. The van der Waals surface area contributed by atoms with Crippen molar-refractivity contribution < 1.29 is 39.0 Å². The molecule has 1 rings (SSSR count). The minimum atomic E-state index is -1.11. The third kappa shape index (κ3) is 9.45. The van der Waals surface area contributed by atoms with Crippen LogP contribution in [0.4, 0.5) is 0 Å². The van der Waals surface area contributed by atoms with Gasteiger partial charge < -0.3 is 20.0 Å². The van der Waals surface area contributed by atoms with Crippen LogP contribution in [-0.2, 0) is 28.8 Å². The van der Waals surface area contributed by atoms with E-state index in [1.54, 1.807) is 0 Å². The topological polar surface area (TPSA) is 148 Å².